The molecule has 11 atom stereocenters. The van der Waals surface area contributed by atoms with E-state index in [-0.39, 0.29) is 48.8 Å². The average molecular weight is 1110 g/mol. The molecule has 0 bridgehead atoms. The molecule has 0 aliphatic rings. The van der Waals surface area contributed by atoms with Crippen LogP contribution in [0.15, 0.2) is 12.2 Å². The van der Waals surface area contributed by atoms with Crippen molar-refractivity contribution in [2.75, 3.05) is 48.8 Å². The van der Waals surface area contributed by atoms with Crippen molar-refractivity contribution in [1.29, 1.82) is 0 Å². The molecule has 0 aromatic carbocycles. The zero-order chi connectivity index (χ0) is 61.0. The Bertz CT molecular complexity index is 2050. The molecule has 0 saturated heterocycles. The van der Waals surface area contributed by atoms with E-state index >= 15 is 9.59 Å². The van der Waals surface area contributed by atoms with E-state index in [1.807, 2.05) is 74.5 Å². The summed E-state index contributed by atoms with van der Waals surface area (Å²) in [4.78, 5) is 148. The summed E-state index contributed by atoms with van der Waals surface area (Å²) in [6, 6.07) is -9.92. The summed E-state index contributed by atoms with van der Waals surface area (Å²) < 4.78 is 5.86. The van der Waals surface area contributed by atoms with Crippen LogP contribution in [0.4, 0.5) is 0 Å². The molecule has 0 aromatic rings. The fraction of sp³-hybridized carbons (Fsp3) is 0.789. The highest BCUT2D eigenvalue weighted by molar-refractivity contribution is 5.98. The Labute approximate surface area is 468 Å². The van der Waals surface area contributed by atoms with Gasteiger partial charge in [-0.1, -0.05) is 95.2 Å². The van der Waals surface area contributed by atoms with Crippen LogP contribution in [-0.2, 0) is 52.7 Å². The van der Waals surface area contributed by atoms with E-state index in [0.29, 0.717) is 19.4 Å². The van der Waals surface area contributed by atoms with Crippen molar-refractivity contribution in [1.82, 2.24) is 45.3 Å². The van der Waals surface area contributed by atoms with Crippen molar-refractivity contribution in [3.05, 3.63) is 12.2 Å². The van der Waals surface area contributed by atoms with Gasteiger partial charge in [0.05, 0.1) is 6.04 Å². The second-order valence-electron chi connectivity index (χ2n) is 23.2. The number of carbonyl (C=O) groups excluding carboxylic acids is 10. The first-order valence-corrected chi connectivity index (χ1v) is 28.0. The highest BCUT2D eigenvalue weighted by Gasteiger charge is 2.46. The van der Waals surface area contributed by atoms with E-state index in [0.717, 1.165) is 0 Å². The highest BCUT2D eigenvalue weighted by atomic mass is 16.5. The molecule has 0 spiro atoms. The molecule has 0 heterocycles. The van der Waals surface area contributed by atoms with Gasteiger partial charge in [0.15, 0.2) is 0 Å². The Hall–Kier alpha value is -5.60. The fourth-order valence-electron chi connectivity index (χ4n) is 9.27. The van der Waals surface area contributed by atoms with Crippen molar-refractivity contribution >= 4 is 59.1 Å². The van der Waals surface area contributed by atoms with E-state index in [9.17, 15) is 38.4 Å². The van der Waals surface area contributed by atoms with Crippen LogP contribution in [-0.4, -0.2) is 198 Å². The maximum atomic E-state index is 15.1. The molecule has 0 aromatic heterocycles. The number of ether oxygens (including phenoxy) is 1. The number of hydrogen-bond donors (Lipinski definition) is 4. The number of allylic oxidation sites excluding steroid dienone is 2. The van der Waals surface area contributed by atoms with Gasteiger partial charge in [-0.3, -0.25) is 47.9 Å². The first-order valence-electron chi connectivity index (χ1n) is 28.0. The molecular formula is C57H104N10O11. The van der Waals surface area contributed by atoms with Crippen molar-refractivity contribution in [2.24, 2.45) is 41.2 Å². The van der Waals surface area contributed by atoms with Crippen LogP contribution in [0, 0.1) is 35.5 Å². The zero-order valence-corrected chi connectivity index (χ0v) is 51.9. The monoisotopic (exact) mass is 1100 g/mol. The van der Waals surface area contributed by atoms with Gasteiger partial charge in [-0.25, -0.2) is 0 Å². The van der Waals surface area contributed by atoms with E-state index < -0.39 is 126 Å². The van der Waals surface area contributed by atoms with Crippen molar-refractivity contribution in [3.63, 3.8) is 0 Å². The SMILES string of the molecule is C/C=C/C[C@@H](C)[C@@H](OC(C)=O)[C@@H](C(=O)N[C@@H](CC)C(=O)N(C)CC)N(C)C(=O)[C@H](C(C)C)N(C)C(=O)[C@H](CC(C)C)N(C)C(=O)[C@H](CC(C)C)N(C)C(=O)[C@@H](C)NC(=O)[C@H](C)NC(=O)[C@H](CC(C)C)N(C)C(=O)[C@@H](N)C(C)C. The van der Waals surface area contributed by atoms with Gasteiger partial charge < -0.3 is 55.8 Å². The number of likely N-dealkylation sites (N-methyl/N-ethyl adjacent to an activating group) is 6. The Morgan fingerprint density at radius 1 is 0.500 bits per heavy atom. The Balaban J connectivity index is 7.14. The van der Waals surface area contributed by atoms with E-state index in [2.05, 4.69) is 16.0 Å². The van der Waals surface area contributed by atoms with Crippen LogP contribution in [0.25, 0.3) is 0 Å². The molecule has 21 heteroatoms. The maximum Gasteiger partial charge on any atom is 0.303 e. The predicted octanol–water partition coefficient (Wildman–Crippen LogP) is 3.82. The number of nitrogens with zero attached hydrogens (tertiary/aromatic N) is 6. The van der Waals surface area contributed by atoms with Gasteiger partial charge in [0, 0.05) is 55.8 Å². The van der Waals surface area contributed by atoms with Gasteiger partial charge in [-0.15, -0.1) is 0 Å². The molecule has 9 amide bonds. The molecule has 0 fully saturated rings. The Morgan fingerprint density at radius 3 is 1.36 bits per heavy atom. The van der Waals surface area contributed by atoms with Gasteiger partial charge in [-0.05, 0) is 95.3 Å². The summed E-state index contributed by atoms with van der Waals surface area (Å²) in [6.45, 7) is 30.1. The third-order valence-corrected chi connectivity index (χ3v) is 14.4. The Morgan fingerprint density at radius 2 is 0.936 bits per heavy atom. The molecule has 5 N–H and O–H groups in total. The third kappa shape index (κ3) is 21.2. The first kappa shape index (κ1) is 72.4. The normalized spacial score (nSPS) is 16.0. The number of hydrogen-bond acceptors (Lipinski definition) is 12. The minimum atomic E-state index is -1.45. The minimum absolute atomic E-state index is 0.0139. The number of amides is 9. The standard InChI is InChI=1S/C57H104N10O11/c1-24-27-28-37(14)48(78-40(17)68)47(51(71)61-41(25-2)53(73)62(18)26-3)67(23)57(77)46(36(12)13)66(22)55(75)44(31-34(8)9)65(21)54(74)43(30-33(6)7)64(20)52(72)39(16)60-49(69)38(15)59-50(70)42(29-32(4)5)63(19)56(76)45(58)35(10)11/h24,27,32-39,41-48H,25-26,28-31,58H2,1-23H3,(H,59,70)(H,60,69)(H,61,71)/b27-24+/t37-,38+,39-,41+,42+,43+,44+,45+,46+,47+,48-/m1/s1. The van der Waals surface area contributed by atoms with E-state index in [1.54, 1.807) is 41.7 Å². The molecule has 0 aliphatic heterocycles. The zero-order valence-electron chi connectivity index (χ0n) is 51.9. The van der Waals surface area contributed by atoms with Gasteiger partial charge in [0.2, 0.25) is 53.2 Å². The lowest BCUT2D eigenvalue weighted by Crippen LogP contribution is -2.64. The molecule has 21 nitrogen and oxygen atoms in total. The molecule has 448 valence electrons. The van der Waals surface area contributed by atoms with Crippen LogP contribution in [0.3, 0.4) is 0 Å². The van der Waals surface area contributed by atoms with Crippen LogP contribution < -0.4 is 21.7 Å². The van der Waals surface area contributed by atoms with Crippen molar-refractivity contribution in [2.45, 2.75) is 210 Å². The first-order chi connectivity index (χ1) is 36.0. The second kappa shape index (κ2) is 33.7. The minimum Gasteiger partial charge on any atom is -0.459 e. The summed E-state index contributed by atoms with van der Waals surface area (Å²) in [5, 5.41) is 8.18. The second-order valence-corrected chi connectivity index (χ2v) is 23.2. The Kier molecular flexibility index (Phi) is 31.3. The van der Waals surface area contributed by atoms with Crippen LogP contribution in [0.2, 0.25) is 0 Å². The average Bonchev–Trinajstić information content (AvgIpc) is 3.36. The molecule has 0 rings (SSSR count). The summed E-state index contributed by atoms with van der Waals surface area (Å²) in [5.74, 6) is -7.30. The fourth-order valence-corrected chi connectivity index (χ4v) is 9.27. The number of rotatable bonds is 32. The maximum absolute atomic E-state index is 15.1. The lowest BCUT2D eigenvalue weighted by molar-refractivity contribution is -0.164. The number of nitrogens with two attached hydrogens (primary N) is 1. The number of carbonyl (C=O) groups is 10. The summed E-state index contributed by atoms with van der Waals surface area (Å²) in [7, 11) is 8.92. The smallest absolute Gasteiger partial charge is 0.303 e. The third-order valence-electron chi connectivity index (χ3n) is 14.4. The van der Waals surface area contributed by atoms with E-state index in [4.69, 9.17) is 10.5 Å². The predicted molar refractivity (Wildman–Crippen MR) is 304 cm³/mol. The van der Waals surface area contributed by atoms with Gasteiger partial charge in [-0.2, -0.15) is 0 Å². The van der Waals surface area contributed by atoms with Crippen molar-refractivity contribution < 1.29 is 52.7 Å². The molecule has 0 unspecified atom stereocenters. The largest absolute Gasteiger partial charge is 0.459 e. The summed E-state index contributed by atoms with van der Waals surface area (Å²) in [5.41, 5.74) is 6.14. The molecule has 78 heavy (non-hydrogen) atoms. The number of esters is 1. The highest BCUT2D eigenvalue weighted by Crippen LogP contribution is 2.26. The van der Waals surface area contributed by atoms with Crippen LogP contribution in [0.1, 0.15) is 150 Å². The van der Waals surface area contributed by atoms with Gasteiger partial charge in [0.25, 0.3) is 0 Å². The number of nitrogens with one attached hydrogen (secondary N) is 3. The molecule has 0 saturated carbocycles. The topological polar surface area (TPSA) is 261 Å². The quantitative estimate of drug-likeness (QED) is 0.0554. The van der Waals surface area contributed by atoms with E-state index in [1.165, 1.54) is 85.4 Å². The summed E-state index contributed by atoms with van der Waals surface area (Å²) >= 11 is 0. The lowest BCUT2D eigenvalue weighted by Gasteiger charge is -2.42. The van der Waals surface area contributed by atoms with Crippen LogP contribution in [0.5, 0.6) is 0 Å². The molecule has 0 aliphatic carbocycles. The van der Waals surface area contributed by atoms with Gasteiger partial charge in [0.1, 0.15) is 54.4 Å². The lowest BCUT2D eigenvalue weighted by atomic mass is 9.91. The van der Waals surface area contributed by atoms with Crippen molar-refractivity contribution in [3.8, 4) is 0 Å². The molecule has 0 radical (unpaired) electrons. The molecular weight excluding hydrogens is 1000 g/mol. The summed E-state index contributed by atoms with van der Waals surface area (Å²) in [6.07, 6.45) is 3.75. The van der Waals surface area contributed by atoms with Crippen LogP contribution >= 0.6 is 0 Å². The van der Waals surface area contributed by atoms with Gasteiger partial charge >= 0.3 is 5.97 Å².